The zero-order chi connectivity index (χ0) is 23.0. The van der Waals surface area contributed by atoms with Crippen LogP contribution in [-0.2, 0) is 0 Å². The van der Waals surface area contributed by atoms with Gasteiger partial charge in [0.15, 0.2) is 0 Å². The van der Waals surface area contributed by atoms with Crippen molar-refractivity contribution in [3.63, 3.8) is 0 Å². The van der Waals surface area contributed by atoms with E-state index >= 15 is 0 Å². The van der Waals surface area contributed by atoms with E-state index in [0.29, 0.717) is 24.5 Å². The van der Waals surface area contributed by atoms with E-state index in [1.54, 1.807) is 24.3 Å². The van der Waals surface area contributed by atoms with E-state index in [-0.39, 0.29) is 5.97 Å². The zero-order valence-electron chi connectivity index (χ0n) is 19.7. The van der Waals surface area contributed by atoms with Gasteiger partial charge in [0.05, 0.1) is 18.8 Å². The molecule has 174 valence electrons. The highest BCUT2D eigenvalue weighted by Gasteiger charge is 2.09. The molecule has 0 unspecified atom stereocenters. The molecule has 0 saturated carbocycles. The summed E-state index contributed by atoms with van der Waals surface area (Å²) in [4.78, 5) is 12.4. The van der Waals surface area contributed by atoms with Crippen LogP contribution in [0.2, 0.25) is 0 Å². The van der Waals surface area contributed by atoms with Gasteiger partial charge in [0, 0.05) is 0 Å². The van der Waals surface area contributed by atoms with Gasteiger partial charge in [-0.15, -0.1) is 6.58 Å². The van der Waals surface area contributed by atoms with Gasteiger partial charge < -0.3 is 14.2 Å². The Morgan fingerprint density at radius 3 is 2.00 bits per heavy atom. The Labute approximate surface area is 193 Å². The van der Waals surface area contributed by atoms with Gasteiger partial charge in [0.25, 0.3) is 0 Å². The van der Waals surface area contributed by atoms with Gasteiger partial charge in [-0.2, -0.15) is 0 Å². The molecule has 0 amide bonds. The number of unbranched alkanes of at least 4 members (excludes halogenated alkanes) is 4. The molecule has 4 nitrogen and oxygen atoms in total. The Morgan fingerprint density at radius 2 is 1.41 bits per heavy atom. The summed E-state index contributed by atoms with van der Waals surface area (Å²) in [5.41, 5.74) is 0.494. The van der Waals surface area contributed by atoms with Crippen LogP contribution in [0.25, 0.3) is 0 Å². The summed E-state index contributed by atoms with van der Waals surface area (Å²) in [5, 5.41) is 0. The molecule has 0 aromatic heterocycles. The number of benzene rings is 2. The largest absolute Gasteiger partial charge is 0.494 e. The third kappa shape index (κ3) is 10.0. The molecule has 0 aliphatic carbocycles. The van der Waals surface area contributed by atoms with Gasteiger partial charge in [0.2, 0.25) is 0 Å². The van der Waals surface area contributed by atoms with Crippen molar-refractivity contribution in [2.24, 2.45) is 5.92 Å². The lowest BCUT2D eigenvalue weighted by Gasteiger charge is -2.09. The lowest BCUT2D eigenvalue weighted by molar-refractivity contribution is 0.0734. The van der Waals surface area contributed by atoms with E-state index in [0.717, 1.165) is 43.1 Å². The average molecular weight is 439 g/mol. The number of rotatable bonds is 16. The highest BCUT2D eigenvalue weighted by molar-refractivity contribution is 5.91. The molecule has 0 N–H and O–H groups in total. The topological polar surface area (TPSA) is 44.8 Å². The Balaban J connectivity index is 1.69. The van der Waals surface area contributed by atoms with Crippen LogP contribution in [0.1, 0.15) is 75.6 Å². The van der Waals surface area contributed by atoms with Gasteiger partial charge in [-0.05, 0) is 80.1 Å². The Hall–Kier alpha value is -2.75. The van der Waals surface area contributed by atoms with Crippen LogP contribution in [0.5, 0.6) is 17.2 Å². The van der Waals surface area contributed by atoms with Crippen molar-refractivity contribution < 1.29 is 19.0 Å². The summed E-state index contributed by atoms with van der Waals surface area (Å²) in [6.07, 6.45) is 11.0. The van der Waals surface area contributed by atoms with Gasteiger partial charge in [-0.3, -0.25) is 0 Å². The molecule has 2 rings (SSSR count). The fraction of sp³-hybridized carbons (Fsp3) is 0.464. The highest BCUT2D eigenvalue weighted by atomic mass is 16.5. The third-order valence-electron chi connectivity index (χ3n) is 5.50. The van der Waals surface area contributed by atoms with Gasteiger partial charge in [-0.25, -0.2) is 4.79 Å². The predicted octanol–water partition coefficient (Wildman–Crippen LogP) is 7.63. The molecule has 2 aromatic rings. The molecule has 2 aromatic carbocycles. The molecule has 0 radical (unpaired) electrons. The molecular formula is C28H38O4. The first kappa shape index (κ1) is 25.5. The molecule has 32 heavy (non-hydrogen) atoms. The first-order valence-electron chi connectivity index (χ1n) is 11.9. The van der Waals surface area contributed by atoms with E-state index in [9.17, 15) is 4.79 Å². The molecule has 0 heterocycles. The normalized spacial score (nSPS) is 11.6. The number of ether oxygens (including phenoxy) is 3. The SMILES string of the molecule is C=CCCCCOc1ccc(OC(=O)c2ccc(OCCCCC[C@@H](C)CC)cc2)cc1. The van der Waals surface area contributed by atoms with Crippen LogP contribution < -0.4 is 14.2 Å². The van der Waals surface area contributed by atoms with Crippen LogP contribution in [0.3, 0.4) is 0 Å². The van der Waals surface area contributed by atoms with Crippen LogP contribution in [0.15, 0.2) is 61.2 Å². The smallest absolute Gasteiger partial charge is 0.343 e. The third-order valence-corrected chi connectivity index (χ3v) is 5.50. The molecule has 0 aliphatic rings. The fourth-order valence-corrected chi connectivity index (χ4v) is 3.20. The maximum absolute atomic E-state index is 12.4. The van der Waals surface area contributed by atoms with Gasteiger partial charge in [-0.1, -0.05) is 45.6 Å². The van der Waals surface area contributed by atoms with E-state index in [1.165, 1.54) is 25.7 Å². The van der Waals surface area contributed by atoms with Crippen LogP contribution in [-0.4, -0.2) is 19.2 Å². The number of esters is 1. The van der Waals surface area contributed by atoms with Crippen LogP contribution >= 0.6 is 0 Å². The quantitative estimate of drug-likeness (QED) is 0.117. The zero-order valence-corrected chi connectivity index (χ0v) is 19.7. The minimum absolute atomic E-state index is 0.389. The lowest BCUT2D eigenvalue weighted by atomic mass is 10.0. The maximum atomic E-state index is 12.4. The first-order valence-corrected chi connectivity index (χ1v) is 11.9. The minimum Gasteiger partial charge on any atom is -0.494 e. The monoisotopic (exact) mass is 438 g/mol. The number of hydrogen-bond donors (Lipinski definition) is 0. The van der Waals surface area contributed by atoms with Crippen molar-refractivity contribution in [3.05, 3.63) is 66.7 Å². The van der Waals surface area contributed by atoms with E-state index < -0.39 is 0 Å². The van der Waals surface area contributed by atoms with Crippen LogP contribution in [0.4, 0.5) is 0 Å². The molecule has 1 atom stereocenters. The van der Waals surface area contributed by atoms with Crippen molar-refractivity contribution in [2.75, 3.05) is 13.2 Å². The number of allylic oxidation sites excluding steroid dienone is 1. The van der Waals surface area contributed by atoms with Crippen molar-refractivity contribution in [2.45, 2.75) is 65.2 Å². The molecule has 0 fully saturated rings. The van der Waals surface area contributed by atoms with E-state index in [1.807, 2.05) is 30.3 Å². The lowest BCUT2D eigenvalue weighted by Crippen LogP contribution is -2.08. The second kappa shape index (κ2) is 15.1. The second-order valence-electron chi connectivity index (χ2n) is 8.23. The predicted molar refractivity (Wildman–Crippen MR) is 131 cm³/mol. The van der Waals surface area contributed by atoms with Crippen LogP contribution in [0, 0.1) is 5.92 Å². The number of carbonyl (C=O) groups excluding carboxylic acids is 1. The van der Waals surface area contributed by atoms with Crippen molar-refractivity contribution >= 4 is 5.97 Å². The minimum atomic E-state index is -0.389. The van der Waals surface area contributed by atoms with Crippen molar-refractivity contribution in [3.8, 4) is 17.2 Å². The molecule has 0 saturated heterocycles. The maximum Gasteiger partial charge on any atom is 0.343 e. The van der Waals surface area contributed by atoms with Gasteiger partial charge >= 0.3 is 5.97 Å². The van der Waals surface area contributed by atoms with Crippen molar-refractivity contribution in [1.82, 2.24) is 0 Å². The summed E-state index contributed by atoms with van der Waals surface area (Å²) in [6, 6.07) is 14.2. The average Bonchev–Trinajstić information content (AvgIpc) is 2.82. The van der Waals surface area contributed by atoms with Crippen molar-refractivity contribution in [1.29, 1.82) is 0 Å². The summed E-state index contributed by atoms with van der Waals surface area (Å²) < 4.78 is 16.9. The van der Waals surface area contributed by atoms with Gasteiger partial charge in [0.1, 0.15) is 17.2 Å². The fourth-order valence-electron chi connectivity index (χ4n) is 3.20. The Morgan fingerprint density at radius 1 is 0.844 bits per heavy atom. The Bertz CT molecular complexity index is 780. The summed E-state index contributed by atoms with van der Waals surface area (Å²) >= 11 is 0. The molecular weight excluding hydrogens is 400 g/mol. The molecule has 0 spiro atoms. The molecule has 4 heteroatoms. The second-order valence-corrected chi connectivity index (χ2v) is 8.23. The molecule has 0 aliphatic heterocycles. The summed E-state index contributed by atoms with van der Waals surface area (Å²) in [7, 11) is 0. The van der Waals surface area contributed by atoms with E-state index in [4.69, 9.17) is 14.2 Å². The first-order chi connectivity index (χ1) is 15.6. The Kier molecular flexibility index (Phi) is 12.1. The summed E-state index contributed by atoms with van der Waals surface area (Å²) in [6.45, 7) is 9.63. The van der Waals surface area contributed by atoms with E-state index in [2.05, 4.69) is 20.4 Å². The standard InChI is InChI=1S/C28H38O4/c1-4-6-7-10-21-31-26-17-19-27(20-18-26)32-28(29)24-13-15-25(16-14-24)30-22-11-8-9-12-23(3)5-2/h4,13-20,23H,1,5-12,21-22H2,2-3H3/t23-/m0/s1. The molecule has 0 bridgehead atoms. The number of carbonyl (C=O) groups is 1. The summed E-state index contributed by atoms with van der Waals surface area (Å²) in [5.74, 6) is 2.46. The number of hydrogen-bond acceptors (Lipinski definition) is 4. The highest BCUT2D eigenvalue weighted by Crippen LogP contribution is 2.20.